The summed E-state index contributed by atoms with van der Waals surface area (Å²) >= 11 is 0. The summed E-state index contributed by atoms with van der Waals surface area (Å²) in [6.07, 6.45) is 1.49. The molecule has 0 saturated carbocycles. The van der Waals surface area contributed by atoms with Crippen LogP contribution < -0.4 is 0 Å². The van der Waals surface area contributed by atoms with E-state index in [1.807, 2.05) is 62.4 Å². The van der Waals surface area contributed by atoms with Crippen molar-refractivity contribution in [3.8, 4) is 23.0 Å². The van der Waals surface area contributed by atoms with Gasteiger partial charge in [-0.05, 0) is 76.9 Å². The van der Waals surface area contributed by atoms with Gasteiger partial charge in [0.2, 0.25) is 0 Å². The Bertz CT molecular complexity index is 1210. The normalized spacial score (nSPS) is 11.0. The fraction of sp³-hybridized carbons (Fsp3) is 0.172. The highest BCUT2D eigenvalue weighted by Crippen LogP contribution is 2.32. The zero-order valence-electron chi connectivity index (χ0n) is 18.8. The molecule has 0 atom stereocenters. The van der Waals surface area contributed by atoms with Gasteiger partial charge in [0.15, 0.2) is 0 Å². The van der Waals surface area contributed by atoms with Gasteiger partial charge in [0.1, 0.15) is 23.0 Å². The maximum Gasteiger partial charge on any atom is 0.122 e. The van der Waals surface area contributed by atoms with Gasteiger partial charge in [-0.3, -0.25) is 0 Å². The first-order valence-corrected chi connectivity index (χ1v) is 11.0. The van der Waals surface area contributed by atoms with Crippen molar-refractivity contribution >= 4 is 0 Å². The van der Waals surface area contributed by atoms with Gasteiger partial charge in [-0.1, -0.05) is 60.7 Å². The molecule has 0 aliphatic heterocycles. The van der Waals surface area contributed by atoms with E-state index in [9.17, 15) is 20.4 Å². The molecule has 4 nitrogen and oxygen atoms in total. The standard InChI is InChI=1S/C29H28O4/c1-18-11-20(14-24(28(18)32)16-22-7-3-5-9-26(22)30)13-21-12-19(2)29(33)25(15-21)17-23-8-4-6-10-27(23)31/h3-12,14-15,30-33H,13,16-17H2,1-2H3. The molecular formula is C29H28O4. The molecule has 0 aromatic heterocycles. The first-order valence-electron chi connectivity index (χ1n) is 11.0. The van der Waals surface area contributed by atoms with E-state index in [2.05, 4.69) is 0 Å². The lowest BCUT2D eigenvalue weighted by molar-refractivity contribution is 0.459. The van der Waals surface area contributed by atoms with Crippen LogP contribution in [0.2, 0.25) is 0 Å². The van der Waals surface area contributed by atoms with Crippen molar-refractivity contribution in [2.24, 2.45) is 0 Å². The minimum Gasteiger partial charge on any atom is -0.508 e. The van der Waals surface area contributed by atoms with Crippen molar-refractivity contribution in [2.45, 2.75) is 33.1 Å². The third kappa shape index (κ3) is 4.96. The van der Waals surface area contributed by atoms with Gasteiger partial charge in [-0.2, -0.15) is 0 Å². The van der Waals surface area contributed by atoms with Crippen molar-refractivity contribution in [3.05, 3.63) is 117 Å². The molecule has 0 aliphatic carbocycles. The highest BCUT2D eigenvalue weighted by molar-refractivity contribution is 5.51. The Labute approximate surface area is 194 Å². The summed E-state index contributed by atoms with van der Waals surface area (Å²) in [4.78, 5) is 0. The summed E-state index contributed by atoms with van der Waals surface area (Å²) in [5.74, 6) is 0.902. The number of hydrogen-bond acceptors (Lipinski definition) is 4. The van der Waals surface area contributed by atoms with Crippen LogP contribution in [0.1, 0.15) is 44.5 Å². The van der Waals surface area contributed by atoms with Gasteiger partial charge in [-0.25, -0.2) is 0 Å². The molecule has 0 fully saturated rings. The van der Waals surface area contributed by atoms with Crippen molar-refractivity contribution < 1.29 is 20.4 Å². The Morgan fingerprint density at radius 1 is 0.485 bits per heavy atom. The molecular weight excluding hydrogens is 412 g/mol. The van der Waals surface area contributed by atoms with Gasteiger partial charge in [-0.15, -0.1) is 0 Å². The Hall–Kier alpha value is -3.92. The third-order valence-electron chi connectivity index (χ3n) is 6.03. The second-order valence-electron chi connectivity index (χ2n) is 8.63. The third-order valence-corrected chi connectivity index (χ3v) is 6.03. The van der Waals surface area contributed by atoms with E-state index in [-0.39, 0.29) is 23.0 Å². The zero-order valence-corrected chi connectivity index (χ0v) is 18.8. The number of phenolic OH excluding ortho intramolecular Hbond substituents is 4. The van der Waals surface area contributed by atoms with Crippen LogP contribution in [0, 0.1) is 13.8 Å². The molecule has 33 heavy (non-hydrogen) atoms. The molecule has 0 amide bonds. The van der Waals surface area contributed by atoms with Gasteiger partial charge in [0.25, 0.3) is 0 Å². The number of aromatic hydroxyl groups is 4. The smallest absolute Gasteiger partial charge is 0.122 e. The zero-order chi connectivity index (χ0) is 23.5. The molecule has 0 unspecified atom stereocenters. The molecule has 0 bridgehead atoms. The minimum atomic E-state index is 0.211. The van der Waals surface area contributed by atoms with Crippen LogP contribution in [0.4, 0.5) is 0 Å². The van der Waals surface area contributed by atoms with E-state index in [0.717, 1.165) is 44.5 Å². The van der Waals surface area contributed by atoms with Crippen LogP contribution in [0.5, 0.6) is 23.0 Å². The van der Waals surface area contributed by atoms with Crippen molar-refractivity contribution in [3.63, 3.8) is 0 Å². The van der Waals surface area contributed by atoms with E-state index < -0.39 is 0 Å². The Balaban J connectivity index is 1.65. The summed E-state index contributed by atoms with van der Waals surface area (Å²) in [7, 11) is 0. The molecule has 0 saturated heterocycles. The van der Waals surface area contributed by atoms with Crippen LogP contribution in [0.25, 0.3) is 0 Å². The Morgan fingerprint density at radius 2 is 0.879 bits per heavy atom. The van der Waals surface area contributed by atoms with E-state index in [1.54, 1.807) is 24.3 Å². The van der Waals surface area contributed by atoms with Gasteiger partial charge in [0.05, 0.1) is 0 Å². The maximum absolute atomic E-state index is 10.6. The fourth-order valence-electron chi connectivity index (χ4n) is 4.31. The van der Waals surface area contributed by atoms with Crippen molar-refractivity contribution in [2.75, 3.05) is 0 Å². The lowest BCUT2D eigenvalue weighted by atomic mass is 9.93. The molecule has 0 spiro atoms. The van der Waals surface area contributed by atoms with Crippen LogP contribution in [-0.4, -0.2) is 20.4 Å². The molecule has 4 rings (SSSR count). The number of aryl methyl sites for hydroxylation is 2. The molecule has 4 heteroatoms. The summed E-state index contributed by atoms with van der Waals surface area (Å²) in [6, 6.07) is 22.2. The second kappa shape index (κ2) is 9.29. The number of rotatable bonds is 6. The lowest BCUT2D eigenvalue weighted by Gasteiger charge is -2.14. The molecule has 0 radical (unpaired) electrons. The summed E-state index contributed by atoms with van der Waals surface area (Å²) < 4.78 is 0. The SMILES string of the molecule is Cc1cc(Cc2cc(C)c(O)c(Cc3ccccc3O)c2)cc(Cc2ccccc2O)c1O. The lowest BCUT2D eigenvalue weighted by Crippen LogP contribution is -1.98. The van der Waals surface area contributed by atoms with Crippen LogP contribution in [0.15, 0.2) is 72.8 Å². The second-order valence-corrected chi connectivity index (χ2v) is 8.63. The molecule has 4 aromatic rings. The maximum atomic E-state index is 10.6. The Kier molecular flexibility index (Phi) is 6.27. The minimum absolute atomic E-state index is 0.211. The monoisotopic (exact) mass is 440 g/mol. The first-order chi connectivity index (χ1) is 15.8. The quantitative estimate of drug-likeness (QED) is 0.301. The van der Waals surface area contributed by atoms with Gasteiger partial charge < -0.3 is 20.4 Å². The van der Waals surface area contributed by atoms with Crippen molar-refractivity contribution in [1.29, 1.82) is 0 Å². The summed E-state index contributed by atoms with van der Waals surface area (Å²) in [5, 5.41) is 41.5. The topological polar surface area (TPSA) is 80.9 Å². The number of phenols is 4. The molecule has 4 aromatic carbocycles. The van der Waals surface area contributed by atoms with Crippen LogP contribution in [-0.2, 0) is 19.3 Å². The highest BCUT2D eigenvalue weighted by atomic mass is 16.3. The number of hydrogen-bond donors (Lipinski definition) is 4. The largest absolute Gasteiger partial charge is 0.508 e. The molecule has 4 N–H and O–H groups in total. The van der Waals surface area contributed by atoms with E-state index >= 15 is 0 Å². The van der Waals surface area contributed by atoms with E-state index in [1.165, 1.54) is 0 Å². The van der Waals surface area contributed by atoms with Crippen LogP contribution in [0.3, 0.4) is 0 Å². The highest BCUT2D eigenvalue weighted by Gasteiger charge is 2.13. The average molecular weight is 441 g/mol. The predicted octanol–water partition coefficient (Wildman–Crippen LogP) is 5.90. The van der Waals surface area contributed by atoms with E-state index in [4.69, 9.17) is 0 Å². The summed E-state index contributed by atoms with van der Waals surface area (Å²) in [5.41, 5.74) is 6.67. The predicted molar refractivity (Wildman–Crippen MR) is 130 cm³/mol. The van der Waals surface area contributed by atoms with Crippen molar-refractivity contribution in [1.82, 2.24) is 0 Å². The van der Waals surface area contributed by atoms with Gasteiger partial charge >= 0.3 is 0 Å². The molecule has 168 valence electrons. The van der Waals surface area contributed by atoms with Crippen LogP contribution >= 0.6 is 0 Å². The molecule has 0 heterocycles. The molecule has 0 aliphatic rings. The summed E-state index contributed by atoms with van der Waals surface area (Å²) in [6.45, 7) is 3.75. The first kappa shape index (κ1) is 22.3. The number of benzene rings is 4. The number of para-hydroxylation sites is 2. The Morgan fingerprint density at radius 3 is 1.27 bits per heavy atom. The fourth-order valence-corrected chi connectivity index (χ4v) is 4.31. The van der Waals surface area contributed by atoms with E-state index in [0.29, 0.717) is 19.3 Å². The average Bonchev–Trinajstić information content (AvgIpc) is 2.78. The van der Waals surface area contributed by atoms with Gasteiger partial charge in [0, 0.05) is 12.8 Å².